The zero-order valence-electron chi connectivity index (χ0n) is 13.6. The van der Waals surface area contributed by atoms with Gasteiger partial charge in [-0.25, -0.2) is 18.2 Å². The number of esters is 1. The highest BCUT2D eigenvalue weighted by atomic mass is 79.9. The van der Waals surface area contributed by atoms with Gasteiger partial charge < -0.3 is 9.64 Å². The largest absolute Gasteiger partial charge is 0.471 e. The van der Waals surface area contributed by atoms with Crippen molar-refractivity contribution in [3.63, 3.8) is 0 Å². The number of nitrogens with zero attached hydrogens (tertiary/aromatic N) is 2. The van der Waals surface area contributed by atoms with E-state index in [0.717, 1.165) is 14.2 Å². The number of aromatic nitrogens is 1. The van der Waals surface area contributed by atoms with Crippen LogP contribution in [0.25, 0.3) is 0 Å². The van der Waals surface area contributed by atoms with Gasteiger partial charge in [-0.1, -0.05) is 6.92 Å². The number of alkyl halides is 3. The molecular formula is C13H14BrF3N2O5S. The lowest BCUT2D eigenvalue weighted by molar-refractivity contribution is -0.170. The first-order chi connectivity index (χ1) is 11.3. The quantitative estimate of drug-likeness (QED) is 0.520. The normalized spacial score (nSPS) is 12.0. The van der Waals surface area contributed by atoms with Gasteiger partial charge in [-0.05, 0) is 28.4 Å². The summed E-state index contributed by atoms with van der Waals surface area (Å²) in [6, 6.07) is 0. The van der Waals surface area contributed by atoms with Crippen LogP contribution in [0.1, 0.15) is 23.0 Å². The van der Waals surface area contributed by atoms with E-state index < -0.39 is 49.9 Å². The van der Waals surface area contributed by atoms with E-state index in [-0.39, 0.29) is 15.1 Å². The highest BCUT2D eigenvalue weighted by Gasteiger charge is 2.43. The third-order valence-corrected chi connectivity index (χ3v) is 5.70. The number of pyridine rings is 1. The molecule has 140 valence electrons. The summed E-state index contributed by atoms with van der Waals surface area (Å²) in [6.45, 7) is 2.47. The average molecular weight is 447 g/mol. The van der Waals surface area contributed by atoms with Crippen LogP contribution in [-0.4, -0.2) is 51.4 Å². The van der Waals surface area contributed by atoms with Gasteiger partial charge in [-0.2, -0.15) is 13.2 Å². The molecule has 12 heteroatoms. The van der Waals surface area contributed by atoms with E-state index in [1.54, 1.807) is 0 Å². The molecule has 25 heavy (non-hydrogen) atoms. The molecule has 0 saturated heterocycles. The number of rotatable bonds is 4. The molecule has 0 aliphatic carbocycles. The molecule has 0 aliphatic rings. The summed E-state index contributed by atoms with van der Waals surface area (Å²) >= 11 is 2.88. The second-order valence-electron chi connectivity index (χ2n) is 4.81. The maximum atomic E-state index is 12.7. The van der Waals surface area contributed by atoms with E-state index in [9.17, 15) is 31.2 Å². The number of hydrogen-bond donors (Lipinski definition) is 0. The zero-order chi connectivity index (χ0) is 19.7. The number of amides is 1. The van der Waals surface area contributed by atoms with Crippen molar-refractivity contribution in [2.75, 3.05) is 24.8 Å². The fraction of sp³-hybridized carbons (Fsp3) is 0.462. The van der Waals surface area contributed by atoms with Crippen molar-refractivity contribution in [1.82, 2.24) is 4.98 Å². The maximum absolute atomic E-state index is 12.7. The monoisotopic (exact) mass is 446 g/mol. The molecule has 1 amide bonds. The van der Waals surface area contributed by atoms with Gasteiger partial charge in [0.25, 0.3) is 0 Å². The molecule has 1 aromatic heterocycles. The van der Waals surface area contributed by atoms with E-state index in [0.29, 0.717) is 0 Å². The molecular weight excluding hydrogens is 433 g/mol. The van der Waals surface area contributed by atoms with E-state index >= 15 is 0 Å². The lowest BCUT2D eigenvalue weighted by Crippen LogP contribution is -2.39. The van der Waals surface area contributed by atoms with Crippen LogP contribution in [0.4, 0.5) is 18.9 Å². The predicted octanol–water partition coefficient (Wildman–Crippen LogP) is 2.26. The van der Waals surface area contributed by atoms with Crippen LogP contribution in [0.2, 0.25) is 0 Å². The molecule has 0 atom stereocenters. The molecule has 0 N–H and O–H groups in total. The van der Waals surface area contributed by atoms with Gasteiger partial charge in [0.2, 0.25) is 0 Å². The van der Waals surface area contributed by atoms with Crippen molar-refractivity contribution in [3.8, 4) is 0 Å². The zero-order valence-corrected chi connectivity index (χ0v) is 16.0. The van der Waals surface area contributed by atoms with Crippen LogP contribution >= 0.6 is 15.9 Å². The van der Waals surface area contributed by atoms with Crippen LogP contribution in [0.15, 0.2) is 9.50 Å². The van der Waals surface area contributed by atoms with Gasteiger partial charge in [-0.3, -0.25) is 4.79 Å². The van der Waals surface area contributed by atoms with Crippen LogP contribution in [-0.2, 0) is 19.4 Å². The Bertz CT molecular complexity index is 824. The number of ether oxygens (including phenoxy) is 1. The Morgan fingerprint density at radius 3 is 2.24 bits per heavy atom. The Morgan fingerprint density at radius 1 is 1.32 bits per heavy atom. The fourth-order valence-electron chi connectivity index (χ4n) is 2.08. The van der Waals surface area contributed by atoms with Crippen molar-refractivity contribution < 1.29 is 35.9 Å². The molecule has 0 saturated carbocycles. The summed E-state index contributed by atoms with van der Waals surface area (Å²) < 4.78 is 66.9. The lowest BCUT2D eigenvalue weighted by Gasteiger charge is -2.24. The number of halogens is 4. The molecule has 1 heterocycles. The number of anilines is 1. The lowest BCUT2D eigenvalue weighted by atomic mass is 10.2. The number of sulfone groups is 1. The summed E-state index contributed by atoms with van der Waals surface area (Å²) in [5, 5.41) is 0. The first-order valence-corrected chi connectivity index (χ1v) is 9.10. The Labute approximate surface area is 150 Å². The number of methoxy groups -OCH3 is 1. The van der Waals surface area contributed by atoms with E-state index in [2.05, 4.69) is 25.7 Å². The van der Waals surface area contributed by atoms with Crippen LogP contribution in [0.3, 0.4) is 0 Å². The van der Waals surface area contributed by atoms with Gasteiger partial charge in [0, 0.05) is 7.05 Å². The van der Waals surface area contributed by atoms with Gasteiger partial charge in [0.05, 0.1) is 18.6 Å². The molecule has 0 aliphatic heterocycles. The highest BCUT2D eigenvalue weighted by Crippen LogP contribution is 2.36. The second kappa shape index (κ2) is 7.28. The molecule has 0 aromatic carbocycles. The SMILES string of the molecule is CCS(=O)(=O)c1c(C(=O)OC)nc(Br)c(N(C)C(=O)C(F)(F)F)c1C. The second-order valence-corrected chi connectivity index (χ2v) is 7.78. The molecule has 1 rings (SSSR count). The topological polar surface area (TPSA) is 93.6 Å². The van der Waals surface area contributed by atoms with Crippen molar-refractivity contribution in [2.24, 2.45) is 0 Å². The molecule has 0 bridgehead atoms. The standard InChI is InChI=1S/C13H14BrF3N2O5S/c1-5-25(22,23)9-6(2)8(19(3)12(21)13(15,16)17)10(14)18-7(9)11(20)24-4/h5H2,1-4H3. The van der Waals surface area contributed by atoms with Crippen molar-refractivity contribution in [3.05, 3.63) is 15.9 Å². The predicted molar refractivity (Wildman–Crippen MR) is 85.2 cm³/mol. The Morgan fingerprint density at radius 2 is 1.84 bits per heavy atom. The number of hydrogen-bond acceptors (Lipinski definition) is 6. The summed E-state index contributed by atoms with van der Waals surface area (Å²) in [5.41, 5.74) is -1.23. The molecule has 0 fully saturated rings. The first kappa shape index (κ1) is 21.4. The van der Waals surface area contributed by atoms with Crippen LogP contribution in [0, 0.1) is 6.92 Å². The first-order valence-electron chi connectivity index (χ1n) is 6.65. The third-order valence-electron chi connectivity index (χ3n) is 3.27. The minimum absolute atomic E-state index is 0.224. The molecule has 0 radical (unpaired) electrons. The minimum Gasteiger partial charge on any atom is -0.464 e. The Balaban J connectivity index is 3.84. The third kappa shape index (κ3) is 4.11. The minimum atomic E-state index is -5.18. The molecule has 0 spiro atoms. The van der Waals surface area contributed by atoms with E-state index in [4.69, 9.17) is 0 Å². The molecule has 7 nitrogen and oxygen atoms in total. The van der Waals surface area contributed by atoms with Crippen LogP contribution < -0.4 is 4.90 Å². The highest BCUT2D eigenvalue weighted by molar-refractivity contribution is 9.10. The summed E-state index contributed by atoms with van der Waals surface area (Å²) in [6.07, 6.45) is -5.18. The molecule has 1 aromatic rings. The van der Waals surface area contributed by atoms with Gasteiger partial charge in [0.15, 0.2) is 15.5 Å². The summed E-state index contributed by atoms with van der Waals surface area (Å²) in [4.78, 5) is 26.7. The smallest absolute Gasteiger partial charge is 0.464 e. The Hall–Kier alpha value is -1.69. The number of carbonyl (C=O) groups is 2. The van der Waals surface area contributed by atoms with Crippen molar-refractivity contribution in [1.29, 1.82) is 0 Å². The fourth-order valence-corrected chi connectivity index (χ4v) is 4.10. The average Bonchev–Trinajstić information content (AvgIpc) is 2.51. The van der Waals surface area contributed by atoms with E-state index in [1.165, 1.54) is 13.8 Å². The van der Waals surface area contributed by atoms with Crippen molar-refractivity contribution in [2.45, 2.75) is 24.9 Å². The van der Waals surface area contributed by atoms with Gasteiger partial charge in [0.1, 0.15) is 9.50 Å². The summed E-state index contributed by atoms with van der Waals surface area (Å²) in [7, 11) is -2.23. The van der Waals surface area contributed by atoms with Crippen molar-refractivity contribution >= 4 is 43.3 Å². The Kier molecular flexibility index (Phi) is 6.22. The van der Waals surface area contributed by atoms with Gasteiger partial charge >= 0.3 is 18.1 Å². The van der Waals surface area contributed by atoms with Gasteiger partial charge in [-0.15, -0.1) is 0 Å². The summed E-state index contributed by atoms with van der Waals surface area (Å²) in [5.74, 6) is -3.73. The van der Waals surface area contributed by atoms with E-state index in [1.807, 2.05) is 0 Å². The maximum Gasteiger partial charge on any atom is 0.471 e. The number of carbonyl (C=O) groups excluding carboxylic acids is 2. The van der Waals surface area contributed by atoms with Crippen LogP contribution in [0.5, 0.6) is 0 Å². The molecule has 0 unspecified atom stereocenters.